The summed E-state index contributed by atoms with van der Waals surface area (Å²) in [5.74, 6) is -0.388. The van der Waals surface area contributed by atoms with Crippen molar-refractivity contribution >= 4 is 5.97 Å². The maximum atomic E-state index is 10.8. The summed E-state index contributed by atoms with van der Waals surface area (Å²) in [7, 11) is 0. The summed E-state index contributed by atoms with van der Waals surface area (Å²) < 4.78 is 5.62. The molecule has 86 valence electrons. The van der Waals surface area contributed by atoms with Crippen molar-refractivity contribution in [2.75, 3.05) is 0 Å². The largest absolute Gasteiger partial charge is 0.481 e. The van der Waals surface area contributed by atoms with Gasteiger partial charge in [-0.2, -0.15) is 0 Å². The standard InChI is InChI=1S/C11H14N2O3/c14-11(15)8-1-3-9(4-2-8)16-10-7-12-5-6-13-10/h5-9H,1-4H2,(H,14,15)/t8-,9+. The third-order valence-electron chi connectivity index (χ3n) is 2.85. The molecule has 0 atom stereocenters. The lowest BCUT2D eigenvalue weighted by molar-refractivity contribution is -0.143. The van der Waals surface area contributed by atoms with Crippen LogP contribution in [0, 0.1) is 5.92 Å². The third kappa shape index (κ3) is 2.68. The minimum atomic E-state index is -0.696. The Hall–Kier alpha value is -1.65. The number of ether oxygens (including phenoxy) is 1. The first-order valence-corrected chi connectivity index (χ1v) is 5.41. The van der Waals surface area contributed by atoms with Crippen LogP contribution < -0.4 is 4.74 Å². The molecule has 0 saturated heterocycles. The van der Waals surface area contributed by atoms with Gasteiger partial charge in [0.05, 0.1) is 12.1 Å². The van der Waals surface area contributed by atoms with Crippen molar-refractivity contribution in [1.82, 2.24) is 9.97 Å². The lowest BCUT2D eigenvalue weighted by atomic mass is 9.87. The summed E-state index contributed by atoms with van der Waals surface area (Å²) in [6.07, 6.45) is 7.73. The average molecular weight is 222 g/mol. The molecule has 1 fully saturated rings. The van der Waals surface area contributed by atoms with Gasteiger partial charge in [-0.1, -0.05) is 0 Å². The molecular weight excluding hydrogens is 208 g/mol. The van der Waals surface area contributed by atoms with Crippen molar-refractivity contribution in [1.29, 1.82) is 0 Å². The van der Waals surface area contributed by atoms with E-state index in [1.165, 1.54) is 0 Å². The Morgan fingerprint density at radius 3 is 2.62 bits per heavy atom. The Kier molecular flexibility index (Phi) is 3.34. The van der Waals surface area contributed by atoms with Crippen LogP contribution in [0.25, 0.3) is 0 Å². The molecule has 0 spiro atoms. The monoisotopic (exact) mass is 222 g/mol. The maximum absolute atomic E-state index is 10.8. The van der Waals surface area contributed by atoms with Crippen molar-refractivity contribution in [3.8, 4) is 5.88 Å². The molecule has 1 aliphatic rings. The number of carboxylic acids is 1. The molecule has 0 bridgehead atoms. The van der Waals surface area contributed by atoms with Crippen LogP contribution in [-0.2, 0) is 4.79 Å². The summed E-state index contributed by atoms with van der Waals surface area (Å²) in [5, 5.41) is 8.85. The van der Waals surface area contributed by atoms with Crippen LogP contribution in [0.3, 0.4) is 0 Å². The molecule has 0 unspecified atom stereocenters. The van der Waals surface area contributed by atoms with Crippen LogP contribution in [0.2, 0.25) is 0 Å². The van der Waals surface area contributed by atoms with Gasteiger partial charge in [0, 0.05) is 12.4 Å². The Morgan fingerprint density at radius 1 is 1.31 bits per heavy atom. The number of aromatic nitrogens is 2. The van der Waals surface area contributed by atoms with Crippen LogP contribution in [-0.4, -0.2) is 27.1 Å². The van der Waals surface area contributed by atoms with E-state index in [9.17, 15) is 4.79 Å². The van der Waals surface area contributed by atoms with Crippen LogP contribution in [0.5, 0.6) is 5.88 Å². The maximum Gasteiger partial charge on any atom is 0.306 e. The van der Waals surface area contributed by atoms with E-state index in [2.05, 4.69) is 9.97 Å². The molecule has 16 heavy (non-hydrogen) atoms. The Balaban J connectivity index is 1.84. The summed E-state index contributed by atoms with van der Waals surface area (Å²) in [6, 6.07) is 0. The van der Waals surface area contributed by atoms with Crippen LogP contribution in [0.15, 0.2) is 18.6 Å². The third-order valence-corrected chi connectivity index (χ3v) is 2.85. The fourth-order valence-corrected chi connectivity index (χ4v) is 1.94. The number of rotatable bonds is 3. The number of hydrogen-bond donors (Lipinski definition) is 1. The molecule has 1 N–H and O–H groups in total. The molecule has 1 aromatic heterocycles. The van der Waals surface area contributed by atoms with Gasteiger partial charge < -0.3 is 9.84 Å². The van der Waals surface area contributed by atoms with Crippen molar-refractivity contribution in [3.05, 3.63) is 18.6 Å². The average Bonchev–Trinajstić information content (AvgIpc) is 2.31. The summed E-state index contributed by atoms with van der Waals surface area (Å²) in [5.41, 5.74) is 0. The van der Waals surface area contributed by atoms with Gasteiger partial charge in [0.15, 0.2) is 0 Å². The molecular formula is C11H14N2O3. The van der Waals surface area contributed by atoms with Gasteiger partial charge in [-0.3, -0.25) is 9.78 Å². The quantitative estimate of drug-likeness (QED) is 0.839. The lowest BCUT2D eigenvalue weighted by Gasteiger charge is -2.26. The van der Waals surface area contributed by atoms with E-state index in [4.69, 9.17) is 9.84 Å². The molecule has 5 heteroatoms. The highest BCUT2D eigenvalue weighted by atomic mass is 16.5. The van der Waals surface area contributed by atoms with Crippen molar-refractivity contribution < 1.29 is 14.6 Å². The van der Waals surface area contributed by atoms with Crippen molar-refractivity contribution in [2.45, 2.75) is 31.8 Å². The summed E-state index contributed by atoms with van der Waals surface area (Å²) in [4.78, 5) is 18.7. The van der Waals surface area contributed by atoms with E-state index >= 15 is 0 Å². The number of carbonyl (C=O) groups is 1. The SMILES string of the molecule is O=C(O)[C@H]1CC[C@@H](Oc2cnccn2)CC1. The number of nitrogens with zero attached hydrogens (tertiary/aromatic N) is 2. The fraction of sp³-hybridized carbons (Fsp3) is 0.545. The van der Waals surface area contributed by atoms with E-state index in [1.54, 1.807) is 18.6 Å². The smallest absolute Gasteiger partial charge is 0.306 e. The van der Waals surface area contributed by atoms with Crippen LogP contribution in [0.1, 0.15) is 25.7 Å². The van der Waals surface area contributed by atoms with E-state index in [-0.39, 0.29) is 12.0 Å². The molecule has 0 radical (unpaired) electrons. The molecule has 0 aliphatic heterocycles. The highest BCUT2D eigenvalue weighted by Crippen LogP contribution is 2.26. The van der Waals surface area contributed by atoms with E-state index < -0.39 is 5.97 Å². The van der Waals surface area contributed by atoms with Gasteiger partial charge in [0.25, 0.3) is 0 Å². The van der Waals surface area contributed by atoms with Crippen LogP contribution >= 0.6 is 0 Å². The first-order valence-electron chi connectivity index (χ1n) is 5.41. The van der Waals surface area contributed by atoms with Crippen LogP contribution in [0.4, 0.5) is 0 Å². The number of carboxylic acid groups (broad SMARTS) is 1. The molecule has 0 aromatic carbocycles. The first kappa shape index (κ1) is 10.9. The minimum absolute atomic E-state index is 0.0762. The van der Waals surface area contributed by atoms with Gasteiger partial charge in [-0.15, -0.1) is 0 Å². The lowest BCUT2D eigenvalue weighted by Crippen LogP contribution is -2.28. The topological polar surface area (TPSA) is 72.3 Å². The number of aliphatic carboxylic acids is 1. The molecule has 1 heterocycles. The van der Waals surface area contributed by atoms with E-state index in [0.717, 1.165) is 12.8 Å². The second kappa shape index (κ2) is 4.92. The van der Waals surface area contributed by atoms with E-state index in [1.807, 2.05) is 0 Å². The molecule has 2 rings (SSSR count). The zero-order valence-electron chi connectivity index (χ0n) is 8.87. The van der Waals surface area contributed by atoms with Crippen molar-refractivity contribution in [2.24, 2.45) is 5.92 Å². The fourth-order valence-electron chi connectivity index (χ4n) is 1.94. The molecule has 1 saturated carbocycles. The second-order valence-electron chi connectivity index (χ2n) is 3.97. The zero-order valence-corrected chi connectivity index (χ0v) is 8.87. The molecule has 5 nitrogen and oxygen atoms in total. The van der Waals surface area contributed by atoms with E-state index in [0.29, 0.717) is 18.7 Å². The Labute approximate surface area is 93.5 Å². The van der Waals surface area contributed by atoms with Gasteiger partial charge in [-0.05, 0) is 25.7 Å². The second-order valence-corrected chi connectivity index (χ2v) is 3.97. The summed E-state index contributed by atoms with van der Waals surface area (Å²) >= 11 is 0. The van der Waals surface area contributed by atoms with Crippen molar-refractivity contribution in [3.63, 3.8) is 0 Å². The first-order chi connectivity index (χ1) is 7.75. The highest BCUT2D eigenvalue weighted by Gasteiger charge is 2.26. The zero-order chi connectivity index (χ0) is 11.4. The normalized spacial score (nSPS) is 25.0. The minimum Gasteiger partial charge on any atom is -0.481 e. The molecule has 1 aromatic rings. The Morgan fingerprint density at radius 2 is 2.06 bits per heavy atom. The Bertz CT molecular complexity index is 348. The van der Waals surface area contributed by atoms with Gasteiger partial charge in [0.1, 0.15) is 6.10 Å². The summed E-state index contributed by atoms with van der Waals surface area (Å²) in [6.45, 7) is 0. The predicted octanol–water partition coefficient (Wildman–Crippen LogP) is 1.50. The predicted molar refractivity (Wildman–Crippen MR) is 56.0 cm³/mol. The highest BCUT2D eigenvalue weighted by molar-refractivity contribution is 5.70. The molecule has 0 amide bonds. The van der Waals surface area contributed by atoms with Gasteiger partial charge in [-0.25, -0.2) is 4.98 Å². The van der Waals surface area contributed by atoms with Gasteiger partial charge in [0.2, 0.25) is 5.88 Å². The van der Waals surface area contributed by atoms with Gasteiger partial charge >= 0.3 is 5.97 Å². The molecule has 1 aliphatic carbocycles. The number of hydrogen-bond acceptors (Lipinski definition) is 4.